The number of benzene rings is 12. The molecule has 0 heterocycles. The molecular weight excluding hydrogens is 1130 g/mol. The van der Waals surface area contributed by atoms with Crippen LogP contribution in [0.3, 0.4) is 0 Å². The number of halogens is 1. The third-order valence-corrected chi connectivity index (χ3v) is 19.6. The summed E-state index contributed by atoms with van der Waals surface area (Å²) in [5.74, 6) is 0. The van der Waals surface area contributed by atoms with Gasteiger partial charge in [0.1, 0.15) is 0 Å². The second-order valence-electron chi connectivity index (χ2n) is 25.9. The van der Waals surface area contributed by atoms with E-state index >= 15 is 0 Å². The van der Waals surface area contributed by atoms with Gasteiger partial charge in [-0.25, -0.2) is 0 Å². The summed E-state index contributed by atoms with van der Waals surface area (Å²) < 4.78 is 1.16. The van der Waals surface area contributed by atoms with Gasteiger partial charge in [0, 0.05) is 37.8 Å². The first kappa shape index (κ1) is 57.8. The average Bonchev–Trinajstić information content (AvgIpc) is 1.58. The predicted molar refractivity (Wildman–Crippen MR) is 380 cm³/mol. The van der Waals surface area contributed by atoms with Gasteiger partial charge in [0.2, 0.25) is 0 Å². The maximum Gasteiger partial charge on any atom is 0.0520 e. The van der Waals surface area contributed by atoms with Crippen molar-refractivity contribution in [1.82, 2.24) is 0 Å². The molecule has 3 aliphatic carbocycles. The summed E-state index contributed by atoms with van der Waals surface area (Å²) in [4.78, 5) is 2.52. The topological polar surface area (TPSA) is 29.3 Å². The van der Waals surface area contributed by atoms with Gasteiger partial charge >= 0.3 is 0 Å². The predicted octanol–water partition coefficient (Wildman–Crippen LogP) is 23.7. The van der Waals surface area contributed by atoms with Crippen LogP contribution in [-0.2, 0) is 16.2 Å². The zero-order valence-corrected chi connectivity index (χ0v) is 53.8. The van der Waals surface area contributed by atoms with Crippen molar-refractivity contribution in [3.63, 3.8) is 0 Å². The lowest BCUT2D eigenvalue weighted by molar-refractivity contribution is 0.660. The van der Waals surface area contributed by atoms with Crippen LogP contribution in [-0.4, -0.2) is 0 Å². The fourth-order valence-electron chi connectivity index (χ4n) is 14.3. The molecule has 0 spiro atoms. The minimum atomic E-state index is -0.0883. The Bertz CT molecular complexity index is 4470. The third-order valence-electron chi connectivity index (χ3n) is 19.2. The molecule has 3 aliphatic rings. The molecule has 432 valence electrons. The van der Waals surface area contributed by atoms with E-state index in [9.17, 15) is 0 Å². The molecule has 0 saturated heterocycles. The van der Waals surface area contributed by atoms with Gasteiger partial charge < -0.3 is 10.6 Å². The number of hydrogen-bond donors (Lipinski definition) is 1. The maximum absolute atomic E-state index is 6.03. The summed E-state index contributed by atoms with van der Waals surface area (Å²) in [5.41, 5.74) is 41.7. The number of hydrogen-bond acceptors (Lipinski definition) is 2. The van der Waals surface area contributed by atoms with E-state index in [-0.39, 0.29) is 16.2 Å². The summed E-state index contributed by atoms with van der Waals surface area (Å²) in [6.07, 6.45) is 0. The number of nitrogen functional groups attached to an aromatic ring is 1. The second-order valence-corrected chi connectivity index (χ2v) is 26.8. The van der Waals surface area contributed by atoms with Crippen molar-refractivity contribution >= 4 is 38.7 Å². The Morgan fingerprint density at radius 1 is 0.273 bits per heavy atom. The fraction of sp³-hybridized carbons (Fsp3) is 0.153. The molecule has 88 heavy (non-hydrogen) atoms. The molecule has 3 heteroatoms. The van der Waals surface area contributed by atoms with E-state index < -0.39 is 0 Å². The van der Waals surface area contributed by atoms with Crippen LogP contribution in [0.4, 0.5) is 22.7 Å². The van der Waals surface area contributed by atoms with Crippen molar-refractivity contribution < 1.29 is 0 Å². The van der Waals surface area contributed by atoms with Gasteiger partial charge in [0.05, 0.1) is 5.69 Å². The van der Waals surface area contributed by atoms with Gasteiger partial charge in [0.25, 0.3) is 0 Å². The van der Waals surface area contributed by atoms with Crippen molar-refractivity contribution in [1.29, 1.82) is 0 Å². The molecular formula is C85H75BrN2. The summed E-state index contributed by atoms with van der Waals surface area (Å²) >= 11 is 3.56. The Hall–Kier alpha value is -9.28. The van der Waals surface area contributed by atoms with Crippen molar-refractivity contribution in [3.8, 4) is 77.9 Å². The Kier molecular flexibility index (Phi) is 15.0. The maximum atomic E-state index is 6.03. The van der Waals surface area contributed by atoms with E-state index in [4.69, 9.17) is 5.73 Å². The van der Waals surface area contributed by atoms with Crippen LogP contribution in [0.5, 0.6) is 0 Å². The molecule has 12 aromatic rings. The molecule has 0 bridgehead atoms. The number of anilines is 4. The molecule has 2 nitrogen and oxygen atoms in total. The largest absolute Gasteiger partial charge is 0.398 e. The van der Waals surface area contributed by atoms with Gasteiger partial charge in [-0.2, -0.15) is 0 Å². The van der Waals surface area contributed by atoms with Crippen molar-refractivity contribution in [3.05, 3.63) is 321 Å². The van der Waals surface area contributed by atoms with Crippen LogP contribution < -0.4 is 10.6 Å². The van der Waals surface area contributed by atoms with Crippen molar-refractivity contribution in [2.24, 2.45) is 0 Å². The Labute approximate surface area is 530 Å². The third kappa shape index (κ3) is 10.3. The lowest BCUT2D eigenvalue weighted by Gasteiger charge is -2.32. The Morgan fingerprint density at radius 2 is 0.557 bits per heavy atom. The van der Waals surface area contributed by atoms with Crippen molar-refractivity contribution in [2.75, 3.05) is 10.6 Å². The molecule has 0 aromatic heterocycles. The lowest BCUT2D eigenvalue weighted by Crippen LogP contribution is -2.18. The molecule has 0 amide bonds. The van der Waals surface area contributed by atoms with Gasteiger partial charge in [-0.05, 0) is 222 Å². The smallest absolute Gasteiger partial charge is 0.0520 e. The SMILES string of the molecule is CC1(C)c2ccccc2-c2ccc(Br)cc21.Cc1cc(-c2ccc(-c3ccccc3)cc2)cc(C)c1N.Cc1cc(-c2ccc(-c3ccccc3)cc2)cc(C)c1N(c1ccc2c(c1)C(C)(C)c1ccccc1-2)c1ccc2c(c1)C(C)(C)c1ccccc1-2. The molecule has 0 saturated carbocycles. The second kappa shape index (κ2) is 22.8. The number of nitrogens with two attached hydrogens (primary N) is 1. The number of nitrogens with zero attached hydrogens (tertiary/aromatic N) is 1. The molecule has 12 aromatic carbocycles. The van der Waals surface area contributed by atoms with Crippen molar-refractivity contribution in [2.45, 2.75) is 85.5 Å². The number of rotatable bonds is 7. The molecule has 0 radical (unpaired) electrons. The normalized spacial score (nSPS) is 13.7. The first-order chi connectivity index (χ1) is 42.4. The van der Waals surface area contributed by atoms with E-state index in [1.165, 1.54) is 139 Å². The molecule has 0 fully saturated rings. The summed E-state index contributed by atoms with van der Waals surface area (Å²) in [5, 5.41) is 0. The highest BCUT2D eigenvalue weighted by Crippen LogP contribution is 2.54. The lowest BCUT2D eigenvalue weighted by atomic mass is 9.82. The van der Waals surface area contributed by atoms with Crippen LogP contribution >= 0.6 is 15.9 Å². The average molecular weight is 1200 g/mol. The highest BCUT2D eigenvalue weighted by Gasteiger charge is 2.39. The summed E-state index contributed by atoms with van der Waals surface area (Å²) in [6, 6.07) is 95.2. The van der Waals surface area contributed by atoms with Gasteiger partial charge in [-0.15, -0.1) is 0 Å². The zero-order valence-electron chi connectivity index (χ0n) is 52.2. The minimum Gasteiger partial charge on any atom is -0.398 e. The van der Waals surface area contributed by atoms with E-state index in [1.54, 1.807) is 0 Å². The standard InChI is InChI=1S/C50H43N.C20H19N.C15H13Br/c1-32-28-37(36-22-20-35(21-23-36)34-14-8-7-9-15-34)29-33(2)48(32)51(38-24-26-42-40-16-10-12-18-44(40)49(3,4)46(42)30-38)39-25-27-43-41-17-11-13-19-45(41)50(5,6)47(43)31-39;1-14-12-19(13-15(2)20(14)21)18-10-8-17(9-11-18)16-6-4-3-5-7-16;1-15(2)13-6-4-3-5-11(13)12-8-7-10(16)9-14(12)15/h7-31H,1-6H3;3-13H,21H2,1-2H3;3-9H,1-2H3. The van der Waals surface area contributed by atoms with Gasteiger partial charge in [-0.1, -0.05) is 258 Å². The molecule has 0 aliphatic heterocycles. The van der Waals surface area contributed by atoms with E-state index in [1.807, 2.05) is 6.07 Å². The van der Waals surface area contributed by atoms with Crippen LogP contribution in [0.25, 0.3) is 77.9 Å². The quantitative estimate of drug-likeness (QED) is 0.161. The first-order valence-corrected chi connectivity index (χ1v) is 31.7. The molecule has 0 atom stereocenters. The van der Waals surface area contributed by atoms with Crippen LogP contribution in [0.15, 0.2) is 265 Å². The van der Waals surface area contributed by atoms with E-state index in [2.05, 4.69) is 345 Å². The van der Waals surface area contributed by atoms with Gasteiger partial charge in [0.15, 0.2) is 0 Å². The highest BCUT2D eigenvalue weighted by molar-refractivity contribution is 9.10. The monoisotopic (exact) mass is 1200 g/mol. The summed E-state index contributed by atoms with van der Waals surface area (Å²) in [6.45, 7) is 22.7. The Balaban J connectivity index is 0.000000156. The first-order valence-electron chi connectivity index (χ1n) is 30.9. The Morgan fingerprint density at radius 3 is 0.932 bits per heavy atom. The molecule has 0 unspecified atom stereocenters. The summed E-state index contributed by atoms with van der Waals surface area (Å²) in [7, 11) is 0. The van der Waals surface area contributed by atoms with E-state index in [0.717, 1.165) is 21.3 Å². The minimum absolute atomic E-state index is 0.0883. The van der Waals surface area contributed by atoms with Crippen LogP contribution in [0.2, 0.25) is 0 Å². The highest BCUT2D eigenvalue weighted by atomic mass is 79.9. The van der Waals surface area contributed by atoms with E-state index in [0.29, 0.717) is 0 Å². The van der Waals surface area contributed by atoms with Gasteiger partial charge in [-0.3, -0.25) is 0 Å². The number of fused-ring (bicyclic) bond motifs is 9. The number of aryl methyl sites for hydroxylation is 4. The molecule has 15 rings (SSSR count). The molecule has 2 N–H and O–H groups in total. The zero-order chi connectivity index (χ0) is 61.2. The van der Waals surface area contributed by atoms with Crippen LogP contribution in [0, 0.1) is 27.7 Å². The van der Waals surface area contributed by atoms with Crippen LogP contribution in [0.1, 0.15) is 97.2 Å². The fourth-order valence-corrected chi connectivity index (χ4v) is 14.7.